The smallest absolute Gasteiger partial charge is 0.358 e. The number of rotatable bonds is 5. The molecule has 1 aromatic carbocycles. The molecule has 1 N–H and O–H groups in total. The van der Waals surface area contributed by atoms with E-state index in [0.29, 0.717) is 13.2 Å². The predicted molar refractivity (Wildman–Crippen MR) is 68.4 cm³/mol. The Labute approximate surface area is 110 Å². The summed E-state index contributed by atoms with van der Waals surface area (Å²) in [7, 11) is 0. The van der Waals surface area contributed by atoms with Crippen LogP contribution in [0.3, 0.4) is 0 Å². The fourth-order valence-corrected chi connectivity index (χ4v) is 1.77. The summed E-state index contributed by atoms with van der Waals surface area (Å²) >= 11 is 0. The SMILES string of the molecule is Cc1cccc(C)c1OCCn1cc(C(=O)O)nn1. The van der Waals surface area contributed by atoms with Crippen molar-refractivity contribution in [1.29, 1.82) is 0 Å². The fourth-order valence-electron chi connectivity index (χ4n) is 1.77. The molecule has 0 aliphatic heterocycles. The topological polar surface area (TPSA) is 77.2 Å². The lowest BCUT2D eigenvalue weighted by Crippen LogP contribution is -2.10. The van der Waals surface area contributed by atoms with Crippen LogP contribution in [-0.2, 0) is 6.54 Å². The number of ether oxygens (including phenoxy) is 1. The lowest BCUT2D eigenvalue weighted by Gasteiger charge is -2.11. The van der Waals surface area contributed by atoms with Gasteiger partial charge in [-0.25, -0.2) is 9.48 Å². The second-order valence-electron chi connectivity index (χ2n) is 4.24. The van der Waals surface area contributed by atoms with E-state index in [2.05, 4.69) is 10.3 Å². The van der Waals surface area contributed by atoms with Crippen LogP contribution in [0.15, 0.2) is 24.4 Å². The molecule has 6 heteroatoms. The highest BCUT2D eigenvalue weighted by atomic mass is 16.5. The molecule has 0 aliphatic carbocycles. The Bertz CT molecular complexity index is 572. The minimum atomic E-state index is -1.08. The summed E-state index contributed by atoms with van der Waals surface area (Å²) in [5, 5.41) is 16.0. The van der Waals surface area contributed by atoms with Crippen LogP contribution in [0.4, 0.5) is 0 Å². The Balaban J connectivity index is 1.94. The van der Waals surface area contributed by atoms with Gasteiger partial charge in [-0.05, 0) is 25.0 Å². The molecule has 0 unspecified atom stereocenters. The number of aryl methyl sites for hydroxylation is 2. The van der Waals surface area contributed by atoms with Gasteiger partial charge in [0.1, 0.15) is 12.4 Å². The van der Waals surface area contributed by atoms with Gasteiger partial charge in [0, 0.05) is 0 Å². The highest BCUT2D eigenvalue weighted by Gasteiger charge is 2.08. The third-order valence-electron chi connectivity index (χ3n) is 2.73. The number of hydrogen-bond acceptors (Lipinski definition) is 4. The predicted octanol–water partition coefficient (Wildman–Crippen LogP) is 1.67. The summed E-state index contributed by atoms with van der Waals surface area (Å²) in [6.07, 6.45) is 1.39. The van der Waals surface area contributed by atoms with Crippen molar-refractivity contribution in [2.24, 2.45) is 0 Å². The Morgan fingerprint density at radius 2 is 2.05 bits per heavy atom. The molecule has 1 heterocycles. The number of hydrogen-bond donors (Lipinski definition) is 1. The molecule has 19 heavy (non-hydrogen) atoms. The molecule has 100 valence electrons. The third kappa shape index (κ3) is 3.09. The number of aromatic carboxylic acids is 1. The molecular formula is C13H15N3O3. The zero-order valence-corrected chi connectivity index (χ0v) is 10.8. The lowest BCUT2D eigenvalue weighted by atomic mass is 10.1. The Morgan fingerprint density at radius 3 is 2.63 bits per heavy atom. The molecule has 0 spiro atoms. The minimum absolute atomic E-state index is 0.0629. The molecule has 0 amide bonds. The molecule has 0 atom stereocenters. The van der Waals surface area contributed by atoms with Crippen LogP contribution < -0.4 is 4.74 Å². The average Bonchev–Trinajstić information content (AvgIpc) is 2.82. The first-order valence-electron chi connectivity index (χ1n) is 5.90. The third-order valence-corrected chi connectivity index (χ3v) is 2.73. The second-order valence-corrected chi connectivity index (χ2v) is 4.24. The number of benzene rings is 1. The summed E-state index contributed by atoms with van der Waals surface area (Å²) in [6.45, 7) is 4.84. The fraction of sp³-hybridized carbons (Fsp3) is 0.308. The van der Waals surface area contributed by atoms with Gasteiger partial charge in [0.2, 0.25) is 0 Å². The molecule has 0 saturated carbocycles. The summed E-state index contributed by atoms with van der Waals surface area (Å²) < 4.78 is 7.16. The van der Waals surface area contributed by atoms with E-state index in [1.54, 1.807) is 0 Å². The van der Waals surface area contributed by atoms with E-state index in [-0.39, 0.29) is 5.69 Å². The Kier molecular flexibility index (Phi) is 3.79. The van der Waals surface area contributed by atoms with Gasteiger partial charge in [-0.15, -0.1) is 5.10 Å². The molecule has 0 saturated heterocycles. The van der Waals surface area contributed by atoms with E-state index in [1.807, 2.05) is 32.0 Å². The number of carbonyl (C=O) groups is 1. The minimum Gasteiger partial charge on any atom is -0.491 e. The van der Waals surface area contributed by atoms with Crippen molar-refractivity contribution in [2.75, 3.05) is 6.61 Å². The van der Waals surface area contributed by atoms with Gasteiger partial charge in [-0.3, -0.25) is 0 Å². The van der Waals surface area contributed by atoms with Crippen LogP contribution in [-0.4, -0.2) is 32.7 Å². The zero-order valence-electron chi connectivity index (χ0n) is 10.8. The quantitative estimate of drug-likeness (QED) is 0.885. The lowest BCUT2D eigenvalue weighted by molar-refractivity contribution is 0.0690. The van der Waals surface area contributed by atoms with Crippen molar-refractivity contribution >= 4 is 5.97 Å². The highest BCUT2D eigenvalue weighted by molar-refractivity contribution is 5.84. The first-order valence-corrected chi connectivity index (χ1v) is 5.90. The van der Waals surface area contributed by atoms with Crippen LogP contribution >= 0.6 is 0 Å². The van der Waals surface area contributed by atoms with E-state index in [4.69, 9.17) is 9.84 Å². The Hall–Kier alpha value is -2.37. The maximum Gasteiger partial charge on any atom is 0.358 e. The van der Waals surface area contributed by atoms with Gasteiger partial charge in [0.05, 0.1) is 12.7 Å². The number of para-hydroxylation sites is 1. The summed E-state index contributed by atoms with van der Waals surface area (Å²) in [5.74, 6) is -0.219. The van der Waals surface area contributed by atoms with Gasteiger partial charge < -0.3 is 9.84 Å². The molecular weight excluding hydrogens is 246 g/mol. The second kappa shape index (κ2) is 5.51. The van der Waals surface area contributed by atoms with Crippen LogP contribution in [0.1, 0.15) is 21.6 Å². The number of aromatic nitrogens is 3. The molecule has 0 aliphatic rings. The van der Waals surface area contributed by atoms with E-state index in [1.165, 1.54) is 10.9 Å². The van der Waals surface area contributed by atoms with Crippen LogP contribution in [0, 0.1) is 13.8 Å². The normalized spacial score (nSPS) is 10.4. The van der Waals surface area contributed by atoms with Crippen LogP contribution in [0.5, 0.6) is 5.75 Å². The molecule has 1 aromatic heterocycles. The number of carboxylic acid groups (broad SMARTS) is 1. The molecule has 0 fully saturated rings. The van der Waals surface area contributed by atoms with Crippen LogP contribution in [0.2, 0.25) is 0 Å². The first-order chi connectivity index (χ1) is 9.08. The van der Waals surface area contributed by atoms with Crippen molar-refractivity contribution in [3.8, 4) is 5.75 Å². The monoisotopic (exact) mass is 261 g/mol. The van der Waals surface area contributed by atoms with E-state index in [9.17, 15) is 4.79 Å². The van der Waals surface area contributed by atoms with Crippen molar-refractivity contribution in [3.05, 3.63) is 41.2 Å². The first kappa shape index (κ1) is 13.1. The van der Waals surface area contributed by atoms with Crippen molar-refractivity contribution in [1.82, 2.24) is 15.0 Å². The van der Waals surface area contributed by atoms with Gasteiger partial charge in [-0.2, -0.15) is 0 Å². The van der Waals surface area contributed by atoms with Crippen molar-refractivity contribution in [3.63, 3.8) is 0 Å². The van der Waals surface area contributed by atoms with Gasteiger partial charge in [0.25, 0.3) is 0 Å². The summed E-state index contributed by atoms with van der Waals surface area (Å²) in [5.41, 5.74) is 2.08. The van der Waals surface area contributed by atoms with Crippen LogP contribution in [0.25, 0.3) is 0 Å². The Morgan fingerprint density at radius 1 is 1.37 bits per heavy atom. The summed E-state index contributed by atoms with van der Waals surface area (Å²) in [4.78, 5) is 10.7. The van der Waals surface area contributed by atoms with Crippen molar-refractivity contribution < 1.29 is 14.6 Å². The molecule has 0 radical (unpaired) electrons. The standard InChI is InChI=1S/C13H15N3O3/c1-9-4-3-5-10(2)12(9)19-7-6-16-8-11(13(17)18)14-15-16/h3-5,8H,6-7H2,1-2H3,(H,17,18). The van der Waals surface area contributed by atoms with Gasteiger partial charge >= 0.3 is 5.97 Å². The molecule has 6 nitrogen and oxygen atoms in total. The van der Waals surface area contributed by atoms with E-state index < -0.39 is 5.97 Å². The molecule has 0 bridgehead atoms. The maximum atomic E-state index is 10.7. The van der Waals surface area contributed by atoms with E-state index in [0.717, 1.165) is 16.9 Å². The highest BCUT2D eigenvalue weighted by Crippen LogP contribution is 2.22. The van der Waals surface area contributed by atoms with Gasteiger partial charge in [0.15, 0.2) is 5.69 Å². The summed E-state index contributed by atoms with van der Waals surface area (Å²) in [6, 6.07) is 5.95. The van der Waals surface area contributed by atoms with Crippen molar-refractivity contribution in [2.45, 2.75) is 20.4 Å². The average molecular weight is 261 g/mol. The zero-order chi connectivity index (χ0) is 13.8. The number of nitrogens with zero attached hydrogens (tertiary/aromatic N) is 3. The largest absolute Gasteiger partial charge is 0.491 e. The van der Waals surface area contributed by atoms with Gasteiger partial charge in [-0.1, -0.05) is 23.4 Å². The molecule has 2 rings (SSSR count). The molecule has 2 aromatic rings. The van der Waals surface area contributed by atoms with E-state index >= 15 is 0 Å². The maximum absolute atomic E-state index is 10.7. The number of carboxylic acids is 1.